The van der Waals surface area contributed by atoms with E-state index < -0.39 is 10.0 Å². The summed E-state index contributed by atoms with van der Waals surface area (Å²) in [5.41, 5.74) is 1.19. The van der Waals surface area contributed by atoms with Crippen molar-refractivity contribution in [2.75, 3.05) is 39.0 Å². The van der Waals surface area contributed by atoms with Gasteiger partial charge in [-0.1, -0.05) is 6.92 Å². The zero-order chi connectivity index (χ0) is 17.3. The summed E-state index contributed by atoms with van der Waals surface area (Å²) >= 11 is 1.54. The number of hydrogen-bond donors (Lipinski definition) is 0. The van der Waals surface area contributed by atoms with Gasteiger partial charge in [0.2, 0.25) is 10.0 Å². The molecule has 0 bridgehead atoms. The van der Waals surface area contributed by atoms with Crippen LogP contribution in [-0.4, -0.2) is 62.6 Å². The Kier molecular flexibility index (Phi) is 5.17. The van der Waals surface area contributed by atoms with Crippen LogP contribution in [0.25, 0.3) is 0 Å². The zero-order valence-corrected chi connectivity index (χ0v) is 15.8. The van der Waals surface area contributed by atoms with Gasteiger partial charge in [0.15, 0.2) is 0 Å². The maximum Gasteiger partial charge on any atom is 0.267 e. The SMILES string of the molecule is CCCS(=O)(=O)N1CCN(C(=O)c2sc3c(c2OC)CCC3)CC1. The van der Waals surface area contributed by atoms with Gasteiger partial charge in [-0.3, -0.25) is 4.79 Å². The molecule has 134 valence electrons. The number of hydrogen-bond acceptors (Lipinski definition) is 5. The van der Waals surface area contributed by atoms with Crippen LogP contribution in [0.3, 0.4) is 0 Å². The van der Waals surface area contributed by atoms with Crippen LogP contribution in [0.4, 0.5) is 0 Å². The van der Waals surface area contributed by atoms with Gasteiger partial charge in [0.25, 0.3) is 5.91 Å². The number of methoxy groups -OCH3 is 1. The third-order valence-electron chi connectivity index (χ3n) is 4.65. The van der Waals surface area contributed by atoms with Gasteiger partial charge in [-0.15, -0.1) is 11.3 Å². The van der Waals surface area contributed by atoms with Crippen LogP contribution >= 0.6 is 11.3 Å². The molecule has 1 amide bonds. The predicted octanol–water partition coefficient (Wildman–Crippen LogP) is 1.74. The molecule has 1 aliphatic heterocycles. The Balaban J connectivity index is 1.70. The van der Waals surface area contributed by atoms with E-state index in [1.807, 2.05) is 6.92 Å². The molecular formula is C16H24N2O4S2. The third-order valence-corrected chi connectivity index (χ3v) is 7.99. The Hall–Kier alpha value is -1.12. The average Bonchev–Trinajstić information content (AvgIpc) is 3.14. The van der Waals surface area contributed by atoms with E-state index in [9.17, 15) is 13.2 Å². The van der Waals surface area contributed by atoms with E-state index >= 15 is 0 Å². The standard InChI is InChI=1S/C16H24N2O4S2/c1-3-11-24(20,21)18-9-7-17(8-10-18)16(19)15-14(22-2)12-5-4-6-13(12)23-15/h3-11H2,1-2H3. The second-order valence-corrected chi connectivity index (χ2v) is 9.42. The van der Waals surface area contributed by atoms with Crippen molar-refractivity contribution in [1.29, 1.82) is 0 Å². The number of amides is 1. The molecule has 24 heavy (non-hydrogen) atoms. The molecular weight excluding hydrogens is 348 g/mol. The summed E-state index contributed by atoms with van der Waals surface area (Å²) < 4.78 is 31.3. The van der Waals surface area contributed by atoms with Gasteiger partial charge >= 0.3 is 0 Å². The smallest absolute Gasteiger partial charge is 0.267 e. The topological polar surface area (TPSA) is 66.9 Å². The number of nitrogens with zero attached hydrogens (tertiary/aromatic N) is 2. The lowest BCUT2D eigenvalue weighted by Crippen LogP contribution is -2.50. The van der Waals surface area contributed by atoms with Crippen molar-refractivity contribution in [2.45, 2.75) is 32.6 Å². The Labute approximate surface area is 147 Å². The number of ether oxygens (including phenoxy) is 1. The number of sulfonamides is 1. The van der Waals surface area contributed by atoms with Crippen LogP contribution in [-0.2, 0) is 22.9 Å². The predicted molar refractivity (Wildman–Crippen MR) is 94.5 cm³/mol. The van der Waals surface area contributed by atoms with Gasteiger partial charge < -0.3 is 9.64 Å². The molecule has 2 heterocycles. The molecule has 0 spiro atoms. The molecule has 1 aromatic heterocycles. The minimum absolute atomic E-state index is 0.0289. The van der Waals surface area contributed by atoms with Crippen LogP contribution in [0.1, 0.15) is 39.9 Å². The number of carbonyl (C=O) groups is 1. The molecule has 6 nitrogen and oxygen atoms in total. The highest BCUT2D eigenvalue weighted by atomic mass is 32.2. The molecule has 0 radical (unpaired) electrons. The highest BCUT2D eigenvalue weighted by Gasteiger charge is 2.32. The highest BCUT2D eigenvalue weighted by molar-refractivity contribution is 7.89. The number of fused-ring (bicyclic) bond motifs is 1. The largest absolute Gasteiger partial charge is 0.495 e. The third kappa shape index (κ3) is 3.19. The van der Waals surface area contributed by atoms with E-state index in [2.05, 4.69) is 0 Å². The molecule has 3 rings (SSSR count). The lowest BCUT2D eigenvalue weighted by Gasteiger charge is -2.33. The Morgan fingerprint density at radius 3 is 2.54 bits per heavy atom. The fraction of sp³-hybridized carbons (Fsp3) is 0.688. The first-order valence-corrected chi connectivity index (χ1v) is 10.9. The van der Waals surface area contributed by atoms with Gasteiger partial charge in [-0.25, -0.2) is 8.42 Å². The lowest BCUT2D eigenvalue weighted by molar-refractivity contribution is 0.0699. The number of aryl methyl sites for hydroxylation is 1. The van der Waals surface area contributed by atoms with E-state index in [0.29, 0.717) is 37.5 Å². The fourth-order valence-corrected chi connectivity index (χ4v) is 6.25. The van der Waals surface area contributed by atoms with Crippen molar-refractivity contribution in [3.8, 4) is 5.75 Å². The van der Waals surface area contributed by atoms with E-state index in [-0.39, 0.29) is 11.7 Å². The first-order valence-electron chi connectivity index (χ1n) is 8.43. The van der Waals surface area contributed by atoms with Gasteiger partial charge in [0, 0.05) is 36.6 Å². The molecule has 8 heteroatoms. The van der Waals surface area contributed by atoms with Crippen LogP contribution < -0.4 is 4.74 Å². The van der Waals surface area contributed by atoms with Gasteiger partial charge in [-0.05, 0) is 25.7 Å². The van der Waals surface area contributed by atoms with Gasteiger partial charge in [0.05, 0.1) is 12.9 Å². The molecule has 0 aromatic carbocycles. The molecule has 1 aliphatic carbocycles. The summed E-state index contributed by atoms with van der Waals surface area (Å²) in [7, 11) is -1.57. The number of thiophene rings is 1. The molecule has 0 atom stereocenters. The number of rotatable bonds is 5. The average molecular weight is 373 g/mol. The Morgan fingerprint density at radius 1 is 1.21 bits per heavy atom. The van der Waals surface area contributed by atoms with Crippen LogP contribution in [0.5, 0.6) is 5.75 Å². The summed E-state index contributed by atoms with van der Waals surface area (Å²) in [6.07, 6.45) is 3.73. The summed E-state index contributed by atoms with van der Waals surface area (Å²) in [6, 6.07) is 0. The van der Waals surface area contributed by atoms with Crippen molar-refractivity contribution in [2.24, 2.45) is 0 Å². The number of carbonyl (C=O) groups excluding carboxylic acids is 1. The second-order valence-electron chi connectivity index (χ2n) is 6.23. The first kappa shape index (κ1) is 17.7. The fourth-order valence-electron chi connectivity index (χ4n) is 3.43. The van der Waals surface area contributed by atoms with Crippen molar-refractivity contribution >= 4 is 27.3 Å². The molecule has 1 fully saturated rings. The molecule has 1 saturated heterocycles. The highest BCUT2D eigenvalue weighted by Crippen LogP contribution is 2.41. The summed E-state index contributed by atoms with van der Waals surface area (Å²) in [5, 5.41) is 0. The normalized spacial score (nSPS) is 18.7. The van der Waals surface area contributed by atoms with Gasteiger partial charge in [-0.2, -0.15) is 4.31 Å². The molecule has 2 aliphatic rings. The van der Waals surface area contributed by atoms with Crippen molar-refractivity contribution in [3.63, 3.8) is 0 Å². The first-order chi connectivity index (χ1) is 11.5. The molecule has 0 saturated carbocycles. The van der Waals surface area contributed by atoms with E-state index in [0.717, 1.165) is 25.0 Å². The van der Waals surface area contributed by atoms with Crippen LogP contribution in [0.15, 0.2) is 0 Å². The molecule has 0 unspecified atom stereocenters. The maximum absolute atomic E-state index is 12.9. The summed E-state index contributed by atoms with van der Waals surface area (Å²) in [5.74, 6) is 0.879. The van der Waals surface area contributed by atoms with Crippen LogP contribution in [0.2, 0.25) is 0 Å². The molecule has 1 aromatic rings. The minimum atomic E-state index is -3.18. The Bertz CT molecular complexity index is 719. The van der Waals surface area contributed by atoms with Gasteiger partial charge in [0.1, 0.15) is 10.6 Å². The van der Waals surface area contributed by atoms with Crippen molar-refractivity contribution in [1.82, 2.24) is 9.21 Å². The minimum Gasteiger partial charge on any atom is -0.495 e. The Morgan fingerprint density at radius 2 is 1.92 bits per heavy atom. The van der Waals surface area contributed by atoms with Crippen LogP contribution in [0, 0.1) is 0 Å². The molecule has 0 N–H and O–H groups in total. The van der Waals surface area contributed by atoms with Crippen molar-refractivity contribution < 1.29 is 17.9 Å². The zero-order valence-electron chi connectivity index (χ0n) is 14.2. The van der Waals surface area contributed by atoms with E-state index in [1.165, 1.54) is 14.7 Å². The van der Waals surface area contributed by atoms with Crippen molar-refractivity contribution in [3.05, 3.63) is 15.3 Å². The monoisotopic (exact) mass is 372 g/mol. The summed E-state index contributed by atoms with van der Waals surface area (Å²) in [4.78, 5) is 16.5. The maximum atomic E-state index is 12.9. The van der Waals surface area contributed by atoms with E-state index in [1.54, 1.807) is 23.3 Å². The quantitative estimate of drug-likeness (QED) is 0.790. The number of piperazine rings is 1. The summed E-state index contributed by atoms with van der Waals surface area (Å²) in [6.45, 7) is 3.49. The van der Waals surface area contributed by atoms with E-state index in [4.69, 9.17) is 4.74 Å². The lowest BCUT2D eigenvalue weighted by atomic mass is 10.2. The second kappa shape index (κ2) is 7.01.